The van der Waals surface area contributed by atoms with Crippen LogP contribution in [0.5, 0.6) is 0 Å². The van der Waals surface area contributed by atoms with Crippen LogP contribution in [-0.2, 0) is 23.8 Å². The van der Waals surface area contributed by atoms with Crippen LogP contribution in [0.4, 0.5) is 13.2 Å². The Hall–Kier alpha value is -0.830. The average Bonchev–Trinajstić information content (AvgIpc) is 2.25. The van der Waals surface area contributed by atoms with Gasteiger partial charge in [0.25, 0.3) is 0 Å². The van der Waals surface area contributed by atoms with Crippen LogP contribution in [0.1, 0.15) is 40.0 Å². The van der Waals surface area contributed by atoms with Crippen molar-refractivity contribution in [1.29, 1.82) is 0 Å². The molecule has 0 aromatic heterocycles. The molecule has 0 aliphatic heterocycles. The first-order valence-corrected chi connectivity index (χ1v) is 7.58. The molecule has 9 heteroatoms. The number of carbonyl (C=O) groups excluding carboxylic acids is 1. The van der Waals surface area contributed by atoms with E-state index in [0.29, 0.717) is 6.42 Å². The maximum atomic E-state index is 12.2. The molecule has 0 fully saturated rings. The summed E-state index contributed by atoms with van der Waals surface area (Å²) in [6.07, 6.45) is -0.700. The minimum absolute atomic E-state index is 0.0132. The quantitative estimate of drug-likeness (QED) is 0.297. The van der Waals surface area contributed by atoms with Gasteiger partial charge in [0.05, 0.1) is 6.61 Å². The lowest BCUT2D eigenvalue weighted by molar-refractivity contribution is -0.153. The Morgan fingerprint density at radius 1 is 1.25 bits per heavy atom. The van der Waals surface area contributed by atoms with Gasteiger partial charge in [-0.15, -0.1) is 0 Å². The summed E-state index contributed by atoms with van der Waals surface area (Å²) in [7, 11) is -5.82. The minimum atomic E-state index is -5.82. The zero-order valence-corrected chi connectivity index (χ0v) is 12.4. The van der Waals surface area contributed by atoms with E-state index >= 15 is 0 Å². The molecular formula is C11H19F3O5S. The van der Waals surface area contributed by atoms with Gasteiger partial charge in [0.1, 0.15) is 0 Å². The first-order chi connectivity index (χ1) is 9.01. The molecule has 5 nitrogen and oxygen atoms in total. The summed E-state index contributed by atoms with van der Waals surface area (Å²) in [4.78, 5) is 11.6. The van der Waals surface area contributed by atoms with E-state index in [0.717, 1.165) is 6.42 Å². The molecule has 0 rings (SSSR count). The van der Waals surface area contributed by atoms with E-state index in [4.69, 9.17) is 4.74 Å². The maximum absolute atomic E-state index is 12.2. The summed E-state index contributed by atoms with van der Waals surface area (Å²) in [5, 5.41) is 0. The molecule has 0 amide bonds. The fourth-order valence-electron chi connectivity index (χ4n) is 1.22. The molecule has 0 heterocycles. The second-order valence-electron chi connectivity index (χ2n) is 4.64. The monoisotopic (exact) mass is 320 g/mol. The number of ether oxygens (including phenoxy) is 1. The number of hydrogen-bond donors (Lipinski definition) is 0. The lowest BCUT2D eigenvalue weighted by Gasteiger charge is -2.18. The van der Waals surface area contributed by atoms with Crippen molar-refractivity contribution in [2.75, 3.05) is 6.61 Å². The van der Waals surface area contributed by atoms with E-state index in [-0.39, 0.29) is 18.9 Å². The lowest BCUT2D eigenvalue weighted by Crippen LogP contribution is -2.36. The normalized spacial score (nSPS) is 14.3. The molecule has 0 aromatic rings. The standard InChI is InChI=1S/C11H19F3O5S/c1-4-5-6-18-10(15)9(7-8(2)3)19-20(16,17)11(12,13)14/h8-9H,4-7H2,1-3H3/t9-/m1/s1. The third-order valence-corrected chi connectivity index (χ3v) is 3.27. The van der Waals surface area contributed by atoms with Crippen LogP contribution in [0, 0.1) is 5.92 Å². The van der Waals surface area contributed by atoms with Crippen molar-refractivity contribution in [3.05, 3.63) is 0 Å². The van der Waals surface area contributed by atoms with Crippen LogP contribution < -0.4 is 0 Å². The largest absolute Gasteiger partial charge is 0.523 e. The number of rotatable bonds is 8. The van der Waals surface area contributed by atoms with Crippen molar-refractivity contribution >= 4 is 16.1 Å². The second kappa shape index (κ2) is 7.82. The van der Waals surface area contributed by atoms with Crippen LogP contribution in [0.25, 0.3) is 0 Å². The van der Waals surface area contributed by atoms with Crippen LogP contribution in [0.3, 0.4) is 0 Å². The fourth-order valence-corrected chi connectivity index (χ4v) is 1.79. The van der Waals surface area contributed by atoms with Gasteiger partial charge in [-0.25, -0.2) is 8.98 Å². The van der Waals surface area contributed by atoms with Gasteiger partial charge in [-0.1, -0.05) is 27.2 Å². The van der Waals surface area contributed by atoms with Crippen molar-refractivity contribution in [2.45, 2.75) is 51.6 Å². The highest BCUT2D eigenvalue weighted by atomic mass is 32.2. The minimum Gasteiger partial charge on any atom is -0.464 e. The molecule has 0 saturated heterocycles. The summed E-state index contributed by atoms with van der Waals surface area (Å²) >= 11 is 0. The third kappa shape index (κ3) is 6.56. The SMILES string of the molecule is CCCCOC(=O)[C@@H](CC(C)C)OS(=O)(=O)C(F)(F)F. The first-order valence-electron chi connectivity index (χ1n) is 6.17. The molecule has 0 N–H and O–H groups in total. The van der Waals surface area contributed by atoms with Gasteiger partial charge in [-0.05, 0) is 18.8 Å². The number of carbonyl (C=O) groups is 1. The van der Waals surface area contributed by atoms with E-state index in [1.165, 1.54) is 0 Å². The van der Waals surface area contributed by atoms with Crippen LogP contribution >= 0.6 is 0 Å². The Balaban J connectivity index is 4.86. The van der Waals surface area contributed by atoms with Crippen molar-refractivity contribution < 1.29 is 35.3 Å². The molecule has 0 spiro atoms. The predicted molar refractivity (Wildman–Crippen MR) is 65.2 cm³/mol. The van der Waals surface area contributed by atoms with Crippen LogP contribution in [-0.4, -0.2) is 32.6 Å². The molecule has 0 saturated carbocycles. The Kier molecular flexibility index (Phi) is 7.50. The van der Waals surface area contributed by atoms with Crippen molar-refractivity contribution in [2.24, 2.45) is 5.92 Å². The number of hydrogen-bond acceptors (Lipinski definition) is 5. The van der Waals surface area contributed by atoms with Gasteiger partial charge < -0.3 is 4.74 Å². The Labute approximate surface area is 116 Å². The number of halogens is 3. The Morgan fingerprint density at radius 2 is 1.80 bits per heavy atom. The van der Waals surface area contributed by atoms with E-state index < -0.39 is 27.7 Å². The number of unbranched alkanes of at least 4 members (excludes halogenated alkanes) is 1. The summed E-state index contributed by atoms with van der Waals surface area (Å²) < 4.78 is 67.2. The topological polar surface area (TPSA) is 69.7 Å². The highest BCUT2D eigenvalue weighted by Crippen LogP contribution is 2.27. The van der Waals surface area contributed by atoms with E-state index in [9.17, 15) is 26.4 Å². The van der Waals surface area contributed by atoms with Gasteiger partial charge in [0, 0.05) is 0 Å². The summed E-state index contributed by atoms with van der Waals surface area (Å²) in [5.41, 5.74) is -5.56. The van der Waals surface area contributed by atoms with E-state index in [1.54, 1.807) is 13.8 Å². The summed E-state index contributed by atoms with van der Waals surface area (Å²) in [5.74, 6) is -1.33. The molecule has 1 atom stereocenters. The van der Waals surface area contributed by atoms with Gasteiger partial charge in [0.2, 0.25) is 0 Å². The van der Waals surface area contributed by atoms with Gasteiger partial charge in [-0.2, -0.15) is 21.6 Å². The third-order valence-electron chi connectivity index (χ3n) is 2.22. The van der Waals surface area contributed by atoms with Gasteiger partial charge >= 0.3 is 21.6 Å². The van der Waals surface area contributed by atoms with Crippen LogP contribution in [0.15, 0.2) is 0 Å². The first kappa shape index (κ1) is 19.2. The highest BCUT2D eigenvalue weighted by Gasteiger charge is 2.49. The molecule has 0 aliphatic carbocycles. The zero-order chi connectivity index (χ0) is 16.0. The summed E-state index contributed by atoms with van der Waals surface area (Å²) in [6, 6.07) is 0. The molecule has 0 radical (unpaired) electrons. The van der Waals surface area contributed by atoms with E-state index in [1.807, 2.05) is 6.92 Å². The molecule has 20 heavy (non-hydrogen) atoms. The van der Waals surface area contributed by atoms with Crippen molar-refractivity contribution in [3.8, 4) is 0 Å². The molecule has 0 aliphatic rings. The average molecular weight is 320 g/mol. The van der Waals surface area contributed by atoms with Crippen molar-refractivity contribution in [1.82, 2.24) is 0 Å². The zero-order valence-electron chi connectivity index (χ0n) is 11.6. The van der Waals surface area contributed by atoms with Gasteiger partial charge in [-0.3, -0.25) is 0 Å². The summed E-state index contributed by atoms with van der Waals surface area (Å²) in [6.45, 7) is 5.09. The Morgan fingerprint density at radius 3 is 2.20 bits per heavy atom. The lowest BCUT2D eigenvalue weighted by atomic mass is 10.1. The molecule has 120 valence electrons. The number of esters is 1. The molecular weight excluding hydrogens is 301 g/mol. The van der Waals surface area contributed by atoms with Crippen LogP contribution in [0.2, 0.25) is 0 Å². The van der Waals surface area contributed by atoms with Crippen molar-refractivity contribution in [3.63, 3.8) is 0 Å². The second-order valence-corrected chi connectivity index (χ2v) is 6.20. The molecule has 0 unspecified atom stereocenters. The highest BCUT2D eigenvalue weighted by molar-refractivity contribution is 7.87. The van der Waals surface area contributed by atoms with Gasteiger partial charge in [0.15, 0.2) is 6.10 Å². The Bertz CT molecular complexity index is 403. The molecule has 0 bridgehead atoms. The fraction of sp³-hybridized carbons (Fsp3) is 0.909. The predicted octanol–water partition coefficient (Wildman–Crippen LogP) is 2.61. The smallest absolute Gasteiger partial charge is 0.464 e. The maximum Gasteiger partial charge on any atom is 0.523 e. The number of alkyl halides is 3. The molecule has 0 aromatic carbocycles. The van der Waals surface area contributed by atoms with E-state index in [2.05, 4.69) is 4.18 Å².